The highest BCUT2D eigenvalue weighted by molar-refractivity contribution is 14.2. The predicted molar refractivity (Wildman–Crippen MR) is 100 cm³/mol. The van der Waals surface area contributed by atoms with E-state index in [-0.39, 0.29) is 10.8 Å². The van der Waals surface area contributed by atoms with E-state index in [4.69, 9.17) is 8.92 Å². The molecular weight excluding hydrogens is 395 g/mol. The molecular formula is C17H27IO2S. The Morgan fingerprint density at radius 1 is 1.05 bits per heavy atom. The first-order valence-corrected chi connectivity index (χ1v) is 10.6. The maximum absolute atomic E-state index is 5.92. The normalized spacial score (nSPS) is 12.6. The molecule has 0 aliphatic carbocycles. The van der Waals surface area contributed by atoms with Gasteiger partial charge in [0, 0.05) is 21.2 Å². The molecule has 0 aliphatic heterocycles. The van der Waals surface area contributed by atoms with E-state index in [0.29, 0.717) is 6.61 Å². The van der Waals surface area contributed by atoms with Crippen LogP contribution in [-0.2, 0) is 15.5 Å². The highest BCUT2D eigenvalue weighted by Crippen LogP contribution is 2.37. The summed E-state index contributed by atoms with van der Waals surface area (Å²) in [6.07, 6.45) is 2.20. The van der Waals surface area contributed by atoms with E-state index in [0.717, 1.165) is 26.1 Å². The molecule has 0 saturated carbocycles. The van der Waals surface area contributed by atoms with Crippen LogP contribution in [0.15, 0.2) is 30.3 Å². The average Bonchev–Trinajstić information content (AvgIpc) is 2.38. The molecule has 0 bridgehead atoms. The van der Waals surface area contributed by atoms with Crippen molar-refractivity contribution in [3.05, 3.63) is 35.9 Å². The van der Waals surface area contributed by atoms with Crippen LogP contribution in [0.2, 0.25) is 0 Å². The van der Waals surface area contributed by atoms with E-state index in [1.807, 2.05) is 6.07 Å². The Morgan fingerprint density at radius 2 is 1.71 bits per heavy atom. The fourth-order valence-corrected chi connectivity index (χ4v) is 3.49. The molecule has 2 nitrogen and oxygen atoms in total. The van der Waals surface area contributed by atoms with Gasteiger partial charge in [0.15, 0.2) is 0 Å². The number of halogens is 1. The van der Waals surface area contributed by atoms with Gasteiger partial charge in [-0.25, -0.2) is 0 Å². The van der Waals surface area contributed by atoms with E-state index in [1.54, 1.807) is 0 Å². The number of hydrogen-bond donors (Lipinski definition) is 0. The third-order valence-electron chi connectivity index (χ3n) is 3.47. The summed E-state index contributed by atoms with van der Waals surface area (Å²) in [5.41, 5.74) is 1.68. The molecule has 0 N–H and O–H groups in total. The highest BCUT2D eigenvalue weighted by Gasteiger charge is 2.29. The van der Waals surface area contributed by atoms with Crippen molar-refractivity contribution in [1.82, 2.24) is 0 Å². The minimum atomic E-state index is 0.176. The lowest BCUT2D eigenvalue weighted by Gasteiger charge is -2.34. The second-order valence-corrected chi connectivity index (χ2v) is 8.56. The summed E-state index contributed by atoms with van der Waals surface area (Å²) in [6, 6.07) is 10.4. The van der Waals surface area contributed by atoms with Gasteiger partial charge in [0.1, 0.15) is 0 Å². The quantitative estimate of drug-likeness (QED) is 0.260. The van der Waals surface area contributed by atoms with Crippen LogP contribution in [0.5, 0.6) is 0 Å². The van der Waals surface area contributed by atoms with Gasteiger partial charge in [0.25, 0.3) is 0 Å². The Balaban J connectivity index is 2.34. The molecule has 0 amide bonds. The molecule has 0 atom stereocenters. The van der Waals surface area contributed by atoms with Gasteiger partial charge in [-0.05, 0) is 29.2 Å². The lowest BCUT2D eigenvalue weighted by Crippen LogP contribution is -2.28. The molecule has 120 valence electrons. The van der Waals surface area contributed by atoms with Crippen LogP contribution in [0.1, 0.15) is 46.1 Å². The summed E-state index contributed by atoms with van der Waals surface area (Å²) < 4.78 is 11.3. The molecule has 1 rings (SSSR count). The monoisotopic (exact) mass is 422 g/mol. The number of rotatable bonds is 10. The highest BCUT2D eigenvalue weighted by atomic mass is 127. The first kappa shape index (κ1) is 19.3. The van der Waals surface area contributed by atoms with Crippen LogP contribution in [0.4, 0.5) is 0 Å². The van der Waals surface area contributed by atoms with Crippen LogP contribution in [0, 0.1) is 10.8 Å². The molecule has 0 aliphatic rings. The topological polar surface area (TPSA) is 18.5 Å². The van der Waals surface area contributed by atoms with Crippen molar-refractivity contribution < 1.29 is 8.92 Å². The molecule has 0 unspecified atom stereocenters. The predicted octanol–water partition coefficient (Wildman–Crippen LogP) is 6.05. The first-order chi connectivity index (χ1) is 9.85. The molecule has 0 radical (unpaired) electrons. The van der Waals surface area contributed by atoms with Gasteiger partial charge in [0.05, 0.1) is 29.0 Å². The molecule has 0 heterocycles. The van der Waals surface area contributed by atoms with Crippen molar-refractivity contribution in [2.24, 2.45) is 10.8 Å². The summed E-state index contributed by atoms with van der Waals surface area (Å²) in [7, 11) is 1.42. The minimum absolute atomic E-state index is 0.176. The van der Waals surface area contributed by atoms with Crippen molar-refractivity contribution >= 4 is 30.4 Å². The Hall–Kier alpha value is 0.220. The van der Waals surface area contributed by atoms with Crippen LogP contribution < -0.4 is 0 Å². The Bertz CT molecular complexity index is 393. The van der Waals surface area contributed by atoms with E-state index >= 15 is 0 Å². The zero-order valence-corrected chi connectivity index (χ0v) is 16.5. The fourth-order valence-electron chi connectivity index (χ4n) is 2.80. The summed E-state index contributed by atoms with van der Waals surface area (Å²) in [6.45, 7) is 11.5. The summed E-state index contributed by atoms with van der Waals surface area (Å²) in [5, 5.41) is 0. The lowest BCUT2D eigenvalue weighted by molar-refractivity contribution is 0.0242. The third-order valence-corrected chi connectivity index (χ3v) is 4.49. The lowest BCUT2D eigenvalue weighted by atomic mass is 9.74. The van der Waals surface area contributed by atoms with E-state index < -0.39 is 0 Å². The third kappa shape index (κ3) is 9.06. The zero-order valence-electron chi connectivity index (χ0n) is 13.5. The zero-order chi connectivity index (χ0) is 15.8. The van der Waals surface area contributed by atoms with Crippen molar-refractivity contribution in [2.45, 2.75) is 47.1 Å². The Kier molecular flexibility index (Phi) is 8.61. The maximum atomic E-state index is 5.92. The van der Waals surface area contributed by atoms with Crippen molar-refractivity contribution in [2.75, 3.05) is 13.2 Å². The number of hydrogen-bond acceptors (Lipinski definition) is 3. The molecule has 1 aromatic carbocycles. The van der Waals surface area contributed by atoms with Gasteiger partial charge in [-0.3, -0.25) is 0 Å². The minimum Gasteiger partial charge on any atom is -0.376 e. The van der Waals surface area contributed by atoms with E-state index in [1.165, 1.54) is 14.8 Å². The Morgan fingerprint density at radius 3 is 2.33 bits per heavy atom. The largest absolute Gasteiger partial charge is 0.376 e. The standard InChI is InChI=1S/C17H27IO2S/c1-16(2,10-11-20-21-18)13-17(3,4)14-19-12-15-8-6-5-7-9-15/h5-9H,10-14H2,1-4H3. The second kappa shape index (κ2) is 9.38. The fraction of sp³-hybridized carbons (Fsp3) is 0.647. The van der Waals surface area contributed by atoms with Gasteiger partial charge in [-0.15, -0.1) is 0 Å². The molecule has 21 heavy (non-hydrogen) atoms. The first-order valence-electron chi connectivity index (χ1n) is 7.37. The van der Waals surface area contributed by atoms with Gasteiger partial charge in [-0.2, -0.15) is 0 Å². The molecule has 0 spiro atoms. The number of benzene rings is 1. The molecule has 0 saturated heterocycles. The van der Waals surface area contributed by atoms with Crippen molar-refractivity contribution in [3.63, 3.8) is 0 Å². The maximum Gasteiger partial charge on any atom is 0.0717 e. The molecule has 4 heteroatoms. The van der Waals surface area contributed by atoms with Crippen LogP contribution >= 0.6 is 30.4 Å². The molecule has 0 fully saturated rings. The molecule has 0 aromatic heterocycles. The smallest absolute Gasteiger partial charge is 0.0717 e. The van der Waals surface area contributed by atoms with Gasteiger partial charge < -0.3 is 8.92 Å². The van der Waals surface area contributed by atoms with Crippen molar-refractivity contribution in [1.29, 1.82) is 0 Å². The van der Waals surface area contributed by atoms with Gasteiger partial charge >= 0.3 is 0 Å². The molecule has 1 aromatic rings. The number of ether oxygens (including phenoxy) is 1. The average molecular weight is 422 g/mol. The van der Waals surface area contributed by atoms with E-state index in [9.17, 15) is 0 Å². The van der Waals surface area contributed by atoms with Gasteiger partial charge in [-0.1, -0.05) is 58.0 Å². The SMILES string of the molecule is CC(C)(CCOSI)CC(C)(C)COCc1ccccc1. The Labute approximate surface area is 146 Å². The van der Waals surface area contributed by atoms with Crippen LogP contribution in [-0.4, -0.2) is 13.2 Å². The summed E-state index contributed by atoms with van der Waals surface area (Å²) in [5.74, 6) is 0. The van der Waals surface area contributed by atoms with Crippen LogP contribution in [0.25, 0.3) is 0 Å². The van der Waals surface area contributed by atoms with Gasteiger partial charge in [0.2, 0.25) is 0 Å². The van der Waals surface area contributed by atoms with Crippen LogP contribution in [0.3, 0.4) is 0 Å². The van der Waals surface area contributed by atoms with Crippen molar-refractivity contribution in [3.8, 4) is 0 Å². The van der Waals surface area contributed by atoms with E-state index in [2.05, 4.69) is 73.2 Å². The second-order valence-electron chi connectivity index (χ2n) is 7.12. The summed E-state index contributed by atoms with van der Waals surface area (Å²) in [4.78, 5) is 0. The summed E-state index contributed by atoms with van der Waals surface area (Å²) >= 11 is 2.17.